The number of rotatable bonds is 6. The van der Waals surface area contributed by atoms with Crippen LogP contribution in [0.5, 0.6) is 11.5 Å². The lowest BCUT2D eigenvalue weighted by Gasteiger charge is -2.15. The maximum atomic E-state index is 12.2. The summed E-state index contributed by atoms with van der Waals surface area (Å²) in [7, 11) is 0. The number of benzene rings is 2. The predicted octanol–water partition coefficient (Wildman–Crippen LogP) is 2.73. The van der Waals surface area contributed by atoms with E-state index < -0.39 is 0 Å². The molecule has 1 aliphatic heterocycles. The van der Waals surface area contributed by atoms with Gasteiger partial charge in [-0.1, -0.05) is 24.3 Å². The summed E-state index contributed by atoms with van der Waals surface area (Å²) < 4.78 is 5.77. The molecular formula is C19H22N2O3. The van der Waals surface area contributed by atoms with Gasteiger partial charge in [0.15, 0.2) is 0 Å². The van der Waals surface area contributed by atoms with Crippen molar-refractivity contribution in [1.29, 1.82) is 0 Å². The number of anilines is 1. The predicted molar refractivity (Wildman–Crippen MR) is 93.2 cm³/mol. The standard InChI is InChI=1S/C19H22N2O3/c22-14-15-9-10-21(12-15)13-19(23)20-16-5-4-8-18(11-16)24-17-6-2-1-3-7-17/h1-8,11,15,22H,9-10,12-14H2,(H,20,23). The summed E-state index contributed by atoms with van der Waals surface area (Å²) in [4.78, 5) is 14.2. The van der Waals surface area contributed by atoms with Crippen molar-refractivity contribution in [2.45, 2.75) is 6.42 Å². The Morgan fingerprint density at radius 3 is 2.71 bits per heavy atom. The number of likely N-dealkylation sites (tertiary alicyclic amines) is 1. The molecule has 0 aliphatic carbocycles. The second-order valence-electron chi connectivity index (χ2n) is 6.06. The first-order valence-electron chi connectivity index (χ1n) is 8.19. The van der Waals surface area contributed by atoms with Crippen molar-refractivity contribution in [3.8, 4) is 11.5 Å². The number of hydrogen-bond donors (Lipinski definition) is 2. The van der Waals surface area contributed by atoms with Crippen molar-refractivity contribution in [3.05, 3.63) is 54.6 Å². The Bertz CT molecular complexity index is 675. The quantitative estimate of drug-likeness (QED) is 0.857. The Morgan fingerprint density at radius 2 is 1.96 bits per heavy atom. The van der Waals surface area contributed by atoms with E-state index in [2.05, 4.69) is 10.2 Å². The summed E-state index contributed by atoms with van der Waals surface area (Å²) in [5.41, 5.74) is 0.714. The Morgan fingerprint density at radius 1 is 1.17 bits per heavy atom. The number of amides is 1. The molecule has 2 N–H and O–H groups in total. The second-order valence-corrected chi connectivity index (χ2v) is 6.06. The molecule has 0 saturated carbocycles. The van der Waals surface area contributed by atoms with Gasteiger partial charge in [0.05, 0.1) is 6.54 Å². The molecule has 3 rings (SSSR count). The molecule has 1 aliphatic rings. The third-order valence-corrected chi connectivity index (χ3v) is 4.09. The molecule has 24 heavy (non-hydrogen) atoms. The van der Waals surface area contributed by atoms with Gasteiger partial charge in [-0.3, -0.25) is 9.69 Å². The second kappa shape index (κ2) is 7.95. The first-order valence-corrected chi connectivity index (χ1v) is 8.19. The van der Waals surface area contributed by atoms with E-state index >= 15 is 0 Å². The smallest absolute Gasteiger partial charge is 0.238 e. The van der Waals surface area contributed by atoms with Gasteiger partial charge >= 0.3 is 0 Å². The SMILES string of the molecule is O=C(CN1CCC(CO)C1)Nc1cccc(Oc2ccccc2)c1. The third-order valence-electron chi connectivity index (χ3n) is 4.09. The number of hydrogen-bond acceptors (Lipinski definition) is 4. The summed E-state index contributed by atoms with van der Waals surface area (Å²) in [5, 5.41) is 12.1. The minimum atomic E-state index is -0.0505. The lowest BCUT2D eigenvalue weighted by Crippen LogP contribution is -2.31. The molecule has 0 bridgehead atoms. The number of carbonyl (C=O) groups excluding carboxylic acids is 1. The molecule has 1 fully saturated rings. The molecule has 1 amide bonds. The maximum Gasteiger partial charge on any atom is 0.238 e. The van der Waals surface area contributed by atoms with E-state index in [0.717, 1.165) is 25.3 Å². The Kier molecular flexibility index (Phi) is 5.46. The lowest BCUT2D eigenvalue weighted by atomic mass is 10.1. The van der Waals surface area contributed by atoms with E-state index in [1.165, 1.54) is 0 Å². The molecule has 0 aromatic heterocycles. The van der Waals surface area contributed by atoms with Crippen LogP contribution in [-0.4, -0.2) is 42.2 Å². The molecule has 1 atom stereocenters. The van der Waals surface area contributed by atoms with Gasteiger partial charge in [-0.2, -0.15) is 0 Å². The molecule has 1 saturated heterocycles. The fraction of sp³-hybridized carbons (Fsp3) is 0.316. The van der Waals surface area contributed by atoms with Crippen LogP contribution < -0.4 is 10.1 Å². The van der Waals surface area contributed by atoms with Gasteiger partial charge < -0.3 is 15.2 Å². The van der Waals surface area contributed by atoms with Gasteiger partial charge in [0, 0.05) is 24.9 Å². The summed E-state index contributed by atoms with van der Waals surface area (Å²) in [6.45, 7) is 2.17. The van der Waals surface area contributed by atoms with Crippen LogP contribution in [0.3, 0.4) is 0 Å². The zero-order valence-electron chi connectivity index (χ0n) is 13.5. The minimum absolute atomic E-state index is 0.0505. The highest BCUT2D eigenvalue weighted by atomic mass is 16.5. The fourth-order valence-electron chi connectivity index (χ4n) is 2.87. The first kappa shape index (κ1) is 16.5. The normalized spacial score (nSPS) is 17.6. The minimum Gasteiger partial charge on any atom is -0.457 e. The first-order chi connectivity index (χ1) is 11.7. The third kappa shape index (κ3) is 4.57. The molecule has 2 aromatic rings. The van der Waals surface area contributed by atoms with E-state index in [0.29, 0.717) is 23.9 Å². The summed E-state index contributed by atoms with van der Waals surface area (Å²) in [6.07, 6.45) is 0.949. The zero-order chi connectivity index (χ0) is 16.8. The number of para-hydroxylation sites is 1. The zero-order valence-corrected chi connectivity index (χ0v) is 13.5. The largest absolute Gasteiger partial charge is 0.457 e. The van der Waals surface area contributed by atoms with Crippen molar-refractivity contribution >= 4 is 11.6 Å². The van der Waals surface area contributed by atoms with Crippen LogP contribution in [0.25, 0.3) is 0 Å². The molecule has 0 radical (unpaired) electrons. The Hall–Kier alpha value is -2.37. The van der Waals surface area contributed by atoms with Gasteiger partial charge in [0.25, 0.3) is 0 Å². The van der Waals surface area contributed by atoms with Crippen molar-refractivity contribution in [1.82, 2.24) is 4.90 Å². The number of carbonyl (C=O) groups is 1. The Balaban J connectivity index is 1.55. The highest BCUT2D eigenvalue weighted by Gasteiger charge is 2.23. The number of aliphatic hydroxyl groups is 1. The number of nitrogens with one attached hydrogen (secondary N) is 1. The molecule has 1 unspecified atom stereocenters. The van der Waals surface area contributed by atoms with Crippen LogP contribution in [0.15, 0.2) is 54.6 Å². The average Bonchev–Trinajstić information content (AvgIpc) is 3.03. The van der Waals surface area contributed by atoms with E-state index in [-0.39, 0.29) is 12.5 Å². The molecule has 5 nitrogen and oxygen atoms in total. The molecule has 126 valence electrons. The maximum absolute atomic E-state index is 12.2. The number of aliphatic hydroxyl groups excluding tert-OH is 1. The lowest BCUT2D eigenvalue weighted by molar-refractivity contribution is -0.117. The van der Waals surface area contributed by atoms with E-state index in [9.17, 15) is 4.79 Å². The fourth-order valence-corrected chi connectivity index (χ4v) is 2.87. The summed E-state index contributed by atoms with van der Waals surface area (Å²) >= 11 is 0. The van der Waals surface area contributed by atoms with Crippen LogP contribution in [0, 0.1) is 5.92 Å². The van der Waals surface area contributed by atoms with Crippen LogP contribution in [-0.2, 0) is 4.79 Å². The van der Waals surface area contributed by atoms with Crippen molar-refractivity contribution < 1.29 is 14.6 Å². The number of ether oxygens (including phenoxy) is 1. The average molecular weight is 326 g/mol. The summed E-state index contributed by atoms with van der Waals surface area (Å²) in [6, 6.07) is 16.9. The molecule has 1 heterocycles. The molecule has 5 heteroatoms. The summed E-state index contributed by atoms with van der Waals surface area (Å²) in [5.74, 6) is 1.68. The molecule has 0 spiro atoms. The Labute approximate surface area is 141 Å². The van der Waals surface area contributed by atoms with Crippen molar-refractivity contribution in [2.75, 3.05) is 31.6 Å². The van der Waals surface area contributed by atoms with Gasteiger partial charge in [-0.15, -0.1) is 0 Å². The van der Waals surface area contributed by atoms with E-state index in [1.54, 1.807) is 0 Å². The van der Waals surface area contributed by atoms with Crippen LogP contribution in [0.2, 0.25) is 0 Å². The highest BCUT2D eigenvalue weighted by molar-refractivity contribution is 5.92. The van der Waals surface area contributed by atoms with E-state index in [1.807, 2.05) is 54.6 Å². The topological polar surface area (TPSA) is 61.8 Å². The van der Waals surface area contributed by atoms with Crippen molar-refractivity contribution in [3.63, 3.8) is 0 Å². The van der Waals surface area contributed by atoms with E-state index in [4.69, 9.17) is 9.84 Å². The molecular weight excluding hydrogens is 304 g/mol. The monoisotopic (exact) mass is 326 g/mol. The van der Waals surface area contributed by atoms with Gasteiger partial charge in [0.1, 0.15) is 11.5 Å². The van der Waals surface area contributed by atoms with Crippen LogP contribution >= 0.6 is 0 Å². The molecule has 2 aromatic carbocycles. The van der Waals surface area contributed by atoms with Gasteiger partial charge in [0.2, 0.25) is 5.91 Å². The van der Waals surface area contributed by atoms with Crippen LogP contribution in [0.4, 0.5) is 5.69 Å². The van der Waals surface area contributed by atoms with Gasteiger partial charge in [-0.05, 0) is 43.1 Å². The van der Waals surface area contributed by atoms with Crippen LogP contribution in [0.1, 0.15) is 6.42 Å². The highest BCUT2D eigenvalue weighted by Crippen LogP contribution is 2.24. The number of nitrogens with zero attached hydrogens (tertiary/aromatic N) is 1. The van der Waals surface area contributed by atoms with Crippen molar-refractivity contribution in [2.24, 2.45) is 5.92 Å². The van der Waals surface area contributed by atoms with Gasteiger partial charge in [-0.25, -0.2) is 0 Å².